The number of fused-ring (bicyclic) bond motifs is 1. The van der Waals surface area contributed by atoms with Crippen LogP contribution in [0.1, 0.15) is 44.1 Å². The summed E-state index contributed by atoms with van der Waals surface area (Å²) in [6.07, 6.45) is 6.01. The average molecular weight is 430 g/mol. The Morgan fingerprint density at radius 3 is 2.75 bits per heavy atom. The normalized spacial score (nSPS) is 23.3. The Labute approximate surface area is 177 Å². The molecule has 0 spiro atoms. The smallest absolute Gasteiger partial charge is 0.237 e. The third-order valence-electron chi connectivity index (χ3n) is 5.59. The molecule has 1 aliphatic carbocycles. The molecular weight excluding hydrogens is 401 g/mol. The molecule has 3 rings (SSSR count). The number of ether oxygens (including phenoxy) is 1. The molecule has 6 nitrogen and oxygen atoms in total. The summed E-state index contributed by atoms with van der Waals surface area (Å²) < 4.78 is 5.26. The number of hydrogen-bond acceptors (Lipinski definition) is 4. The summed E-state index contributed by atoms with van der Waals surface area (Å²) in [5, 5.41) is 9.75. The van der Waals surface area contributed by atoms with Gasteiger partial charge in [-0.25, -0.2) is 0 Å². The number of aryl methyl sites for hydroxylation is 1. The van der Waals surface area contributed by atoms with E-state index in [1.54, 1.807) is 12.1 Å². The first-order valence-corrected chi connectivity index (χ1v) is 10.0. The lowest BCUT2D eigenvalue weighted by molar-refractivity contribution is -0.123. The van der Waals surface area contributed by atoms with E-state index in [1.807, 2.05) is 6.92 Å². The summed E-state index contributed by atoms with van der Waals surface area (Å²) in [5.41, 5.74) is 1.44. The second kappa shape index (κ2) is 10.3. The van der Waals surface area contributed by atoms with Crippen molar-refractivity contribution in [3.63, 3.8) is 0 Å². The van der Waals surface area contributed by atoms with Crippen molar-refractivity contribution in [3.05, 3.63) is 22.7 Å². The third kappa shape index (κ3) is 5.52. The second-order valence-corrected chi connectivity index (χ2v) is 7.90. The van der Waals surface area contributed by atoms with Crippen LogP contribution in [0, 0.1) is 12.8 Å². The molecule has 8 heteroatoms. The molecule has 0 aromatic heterocycles. The predicted octanol–water partition coefficient (Wildman–Crippen LogP) is 3.44. The molecule has 3 unspecified atom stereocenters. The molecule has 1 aliphatic heterocycles. The maximum atomic E-state index is 12.4. The van der Waals surface area contributed by atoms with Gasteiger partial charge < -0.3 is 20.7 Å². The van der Waals surface area contributed by atoms with E-state index in [2.05, 4.69) is 16.0 Å². The number of carbonyl (C=O) groups excluding carboxylic acids is 2. The number of methoxy groups -OCH3 is 1. The molecule has 3 N–H and O–H groups in total. The first-order chi connectivity index (χ1) is 13.0. The van der Waals surface area contributed by atoms with Gasteiger partial charge in [-0.2, -0.15) is 0 Å². The van der Waals surface area contributed by atoms with Gasteiger partial charge in [0.05, 0.1) is 18.8 Å². The molecule has 1 aromatic carbocycles. The van der Waals surface area contributed by atoms with Gasteiger partial charge in [0.2, 0.25) is 11.8 Å². The zero-order chi connectivity index (χ0) is 19.4. The average Bonchev–Trinajstić information content (AvgIpc) is 3.08. The van der Waals surface area contributed by atoms with Crippen LogP contribution in [0.4, 0.5) is 5.69 Å². The number of benzene rings is 1. The molecule has 2 fully saturated rings. The zero-order valence-corrected chi connectivity index (χ0v) is 17.9. The van der Waals surface area contributed by atoms with Gasteiger partial charge in [0.1, 0.15) is 5.75 Å². The standard InChI is InChI=1S/C20H28ClN3O3.ClH/c1-12-9-16(18(27-2)11-14(12)21)24-19(25)7-8-22-20(26)17-10-13-5-3-4-6-15(13)23-17;/h9,11,13,15,17,23H,3-8,10H2,1-2H3,(H,22,26)(H,24,25);1H. The van der Waals surface area contributed by atoms with Gasteiger partial charge in [0, 0.05) is 30.1 Å². The fraction of sp³-hybridized carbons (Fsp3) is 0.600. The van der Waals surface area contributed by atoms with Crippen LogP contribution in [0.2, 0.25) is 5.02 Å². The van der Waals surface area contributed by atoms with E-state index in [0.29, 0.717) is 35.0 Å². The minimum absolute atomic E-state index is 0. The fourth-order valence-corrected chi connectivity index (χ4v) is 4.24. The predicted molar refractivity (Wildman–Crippen MR) is 114 cm³/mol. The highest BCUT2D eigenvalue weighted by atomic mass is 35.5. The van der Waals surface area contributed by atoms with Crippen molar-refractivity contribution in [1.82, 2.24) is 10.6 Å². The van der Waals surface area contributed by atoms with Crippen LogP contribution in [0.15, 0.2) is 12.1 Å². The summed E-state index contributed by atoms with van der Waals surface area (Å²) in [7, 11) is 1.53. The number of anilines is 1. The van der Waals surface area contributed by atoms with E-state index >= 15 is 0 Å². The summed E-state index contributed by atoms with van der Waals surface area (Å²) >= 11 is 6.08. The van der Waals surface area contributed by atoms with Crippen LogP contribution in [-0.4, -0.2) is 37.6 Å². The fourth-order valence-electron chi connectivity index (χ4n) is 4.09. The SMILES string of the molecule is COc1cc(Cl)c(C)cc1NC(=O)CCNC(=O)C1CC2CCCCC2N1.Cl. The first-order valence-electron chi connectivity index (χ1n) is 9.65. The van der Waals surface area contributed by atoms with Gasteiger partial charge >= 0.3 is 0 Å². The van der Waals surface area contributed by atoms with E-state index in [0.717, 1.165) is 12.0 Å². The minimum Gasteiger partial charge on any atom is -0.495 e. The monoisotopic (exact) mass is 429 g/mol. The Morgan fingerprint density at radius 2 is 2.04 bits per heavy atom. The largest absolute Gasteiger partial charge is 0.495 e. The third-order valence-corrected chi connectivity index (χ3v) is 5.99. The van der Waals surface area contributed by atoms with Gasteiger partial charge in [0.25, 0.3) is 0 Å². The summed E-state index contributed by atoms with van der Waals surface area (Å²) in [6.45, 7) is 2.18. The van der Waals surface area contributed by atoms with Crippen molar-refractivity contribution in [1.29, 1.82) is 0 Å². The van der Waals surface area contributed by atoms with Gasteiger partial charge in [-0.05, 0) is 43.7 Å². The van der Waals surface area contributed by atoms with Crippen molar-refractivity contribution in [2.24, 2.45) is 5.92 Å². The lowest BCUT2D eigenvalue weighted by Gasteiger charge is -2.24. The Kier molecular flexibility index (Phi) is 8.40. The van der Waals surface area contributed by atoms with E-state index in [1.165, 1.54) is 32.8 Å². The molecule has 2 aliphatic rings. The number of hydrogen-bond donors (Lipinski definition) is 3. The van der Waals surface area contributed by atoms with Gasteiger partial charge in [-0.1, -0.05) is 24.4 Å². The molecule has 0 radical (unpaired) electrons. The summed E-state index contributed by atoms with van der Waals surface area (Å²) in [4.78, 5) is 24.6. The van der Waals surface area contributed by atoms with Crippen LogP contribution in [0.3, 0.4) is 0 Å². The van der Waals surface area contributed by atoms with Gasteiger partial charge in [-0.3, -0.25) is 9.59 Å². The molecule has 28 heavy (non-hydrogen) atoms. The number of nitrogens with one attached hydrogen (secondary N) is 3. The molecule has 1 saturated heterocycles. The molecule has 1 aromatic rings. The van der Waals surface area contributed by atoms with Crippen molar-refractivity contribution < 1.29 is 14.3 Å². The van der Waals surface area contributed by atoms with Gasteiger partial charge in [-0.15, -0.1) is 12.4 Å². The van der Waals surface area contributed by atoms with E-state index in [9.17, 15) is 9.59 Å². The molecular formula is C20H29Cl2N3O3. The molecule has 0 bridgehead atoms. The quantitative estimate of drug-likeness (QED) is 0.646. The topological polar surface area (TPSA) is 79.5 Å². The Balaban J connectivity index is 0.00000280. The summed E-state index contributed by atoms with van der Waals surface area (Å²) in [5.74, 6) is 0.958. The number of carbonyl (C=O) groups is 2. The number of rotatable bonds is 6. The van der Waals surface area contributed by atoms with Crippen LogP contribution in [0.5, 0.6) is 5.75 Å². The Morgan fingerprint density at radius 1 is 1.29 bits per heavy atom. The first kappa shape index (κ1) is 22.8. The zero-order valence-electron chi connectivity index (χ0n) is 16.3. The lowest BCUT2D eigenvalue weighted by atomic mass is 9.85. The molecule has 1 heterocycles. The van der Waals surface area contributed by atoms with Crippen LogP contribution >= 0.6 is 24.0 Å². The minimum atomic E-state index is -0.177. The van der Waals surface area contributed by atoms with Crippen LogP contribution in [-0.2, 0) is 9.59 Å². The second-order valence-electron chi connectivity index (χ2n) is 7.50. The molecule has 3 atom stereocenters. The number of halogens is 2. The highest BCUT2D eigenvalue weighted by Gasteiger charge is 2.37. The van der Waals surface area contributed by atoms with E-state index in [-0.39, 0.29) is 36.7 Å². The lowest BCUT2D eigenvalue weighted by Crippen LogP contribution is -2.43. The molecule has 1 saturated carbocycles. The molecule has 2 amide bonds. The maximum Gasteiger partial charge on any atom is 0.237 e. The maximum absolute atomic E-state index is 12.4. The van der Waals surface area contributed by atoms with Crippen molar-refractivity contribution in [3.8, 4) is 5.75 Å². The van der Waals surface area contributed by atoms with Crippen LogP contribution in [0.25, 0.3) is 0 Å². The highest BCUT2D eigenvalue weighted by molar-refractivity contribution is 6.31. The van der Waals surface area contributed by atoms with Gasteiger partial charge in [0.15, 0.2) is 0 Å². The van der Waals surface area contributed by atoms with Crippen molar-refractivity contribution >= 4 is 41.5 Å². The highest BCUT2D eigenvalue weighted by Crippen LogP contribution is 2.33. The van der Waals surface area contributed by atoms with E-state index in [4.69, 9.17) is 16.3 Å². The Bertz CT molecular complexity index is 700. The summed E-state index contributed by atoms with van der Waals surface area (Å²) in [6, 6.07) is 3.82. The van der Waals surface area contributed by atoms with Crippen molar-refractivity contribution in [2.75, 3.05) is 19.0 Å². The Hall–Kier alpha value is -1.50. The van der Waals surface area contributed by atoms with E-state index < -0.39 is 0 Å². The van der Waals surface area contributed by atoms with Crippen molar-refractivity contribution in [2.45, 2.75) is 57.5 Å². The number of amides is 2. The van der Waals surface area contributed by atoms with Crippen LogP contribution < -0.4 is 20.7 Å². The molecule has 156 valence electrons.